The maximum Gasteiger partial charge on any atom is 0.254 e. The van der Waals surface area contributed by atoms with Gasteiger partial charge in [-0.25, -0.2) is 0 Å². The van der Waals surface area contributed by atoms with Crippen molar-refractivity contribution < 1.29 is 19.2 Å². The fraction of sp³-hybridized carbons (Fsp3) is 0.524. The number of piperidine rings is 1. The van der Waals surface area contributed by atoms with E-state index in [1.54, 1.807) is 17.0 Å². The van der Waals surface area contributed by atoms with Crippen molar-refractivity contribution in [2.45, 2.75) is 24.9 Å². The Bertz CT molecular complexity index is 841. The van der Waals surface area contributed by atoms with Crippen LogP contribution in [0.1, 0.15) is 23.2 Å². The number of nitrogens with one attached hydrogen (secondary N) is 2. The SMILES string of the molecule is CN(C)c1ccc(C(=O)N2CCN(C(=O)CN)[C@@H](C(=O)N[C@@H]3CCCNC3=O)C2)cc1. The predicted molar refractivity (Wildman–Crippen MR) is 115 cm³/mol. The Morgan fingerprint density at radius 1 is 1.19 bits per heavy atom. The Morgan fingerprint density at radius 3 is 2.52 bits per heavy atom. The van der Waals surface area contributed by atoms with E-state index in [-0.39, 0.29) is 37.4 Å². The van der Waals surface area contributed by atoms with Crippen LogP contribution in [-0.4, -0.2) is 92.3 Å². The minimum absolute atomic E-state index is 0.0418. The van der Waals surface area contributed by atoms with Crippen molar-refractivity contribution in [3.63, 3.8) is 0 Å². The average molecular weight is 431 g/mol. The Balaban J connectivity index is 1.74. The van der Waals surface area contributed by atoms with Gasteiger partial charge in [0.25, 0.3) is 5.91 Å². The second kappa shape index (κ2) is 9.78. The van der Waals surface area contributed by atoms with Crippen LogP contribution in [0.4, 0.5) is 5.69 Å². The van der Waals surface area contributed by atoms with Gasteiger partial charge in [-0.1, -0.05) is 0 Å². The normalized spacial score (nSPS) is 21.3. The van der Waals surface area contributed by atoms with E-state index in [0.29, 0.717) is 25.1 Å². The topological polar surface area (TPSA) is 128 Å². The van der Waals surface area contributed by atoms with E-state index in [9.17, 15) is 19.2 Å². The molecule has 2 atom stereocenters. The lowest BCUT2D eigenvalue weighted by atomic mass is 10.0. The van der Waals surface area contributed by atoms with Crippen LogP contribution in [0.15, 0.2) is 24.3 Å². The highest BCUT2D eigenvalue weighted by Crippen LogP contribution is 2.17. The standard InChI is InChI=1S/C21H30N6O4/c1-25(2)15-7-5-14(6-8-15)21(31)26-10-11-27(18(28)12-22)17(13-26)20(30)24-16-4-3-9-23-19(16)29/h5-8,16-17H,3-4,9-13,22H2,1-2H3,(H,23,29)(H,24,30)/t16-,17-/m1/s1. The van der Waals surface area contributed by atoms with Crippen LogP contribution in [0.3, 0.4) is 0 Å². The molecular formula is C21H30N6O4. The van der Waals surface area contributed by atoms with Crippen molar-refractivity contribution in [2.75, 3.05) is 51.7 Å². The summed E-state index contributed by atoms with van der Waals surface area (Å²) in [5.74, 6) is -1.26. The number of rotatable bonds is 5. The predicted octanol–water partition coefficient (Wildman–Crippen LogP) is -1.24. The van der Waals surface area contributed by atoms with Gasteiger partial charge in [-0.15, -0.1) is 0 Å². The molecular weight excluding hydrogens is 400 g/mol. The molecule has 168 valence electrons. The first-order valence-corrected chi connectivity index (χ1v) is 10.5. The maximum absolute atomic E-state index is 13.0. The van der Waals surface area contributed by atoms with E-state index in [0.717, 1.165) is 12.1 Å². The second-order valence-electron chi connectivity index (χ2n) is 7.99. The van der Waals surface area contributed by atoms with Gasteiger partial charge in [-0.05, 0) is 37.1 Å². The third-order valence-corrected chi connectivity index (χ3v) is 5.70. The molecule has 0 aromatic heterocycles. The van der Waals surface area contributed by atoms with Crippen molar-refractivity contribution in [1.29, 1.82) is 0 Å². The smallest absolute Gasteiger partial charge is 0.254 e. The Morgan fingerprint density at radius 2 is 1.90 bits per heavy atom. The van der Waals surface area contributed by atoms with Gasteiger partial charge in [0, 0.05) is 45.0 Å². The van der Waals surface area contributed by atoms with E-state index >= 15 is 0 Å². The first kappa shape index (κ1) is 22.5. The molecule has 0 radical (unpaired) electrons. The molecule has 0 saturated carbocycles. The number of carbonyl (C=O) groups is 4. The fourth-order valence-electron chi connectivity index (χ4n) is 3.87. The van der Waals surface area contributed by atoms with Crippen molar-refractivity contribution in [3.05, 3.63) is 29.8 Å². The molecule has 1 aromatic carbocycles. The van der Waals surface area contributed by atoms with Gasteiger partial charge in [-0.3, -0.25) is 19.2 Å². The van der Waals surface area contributed by atoms with E-state index in [1.807, 2.05) is 31.1 Å². The molecule has 0 unspecified atom stereocenters. The summed E-state index contributed by atoms with van der Waals surface area (Å²) in [6.45, 7) is 0.898. The van der Waals surface area contributed by atoms with Gasteiger partial charge in [0.2, 0.25) is 17.7 Å². The molecule has 0 aliphatic carbocycles. The lowest BCUT2D eigenvalue weighted by Gasteiger charge is -2.41. The molecule has 2 aliphatic heterocycles. The van der Waals surface area contributed by atoms with Crippen LogP contribution >= 0.6 is 0 Å². The highest BCUT2D eigenvalue weighted by molar-refractivity contribution is 5.97. The van der Waals surface area contributed by atoms with Crippen LogP contribution < -0.4 is 21.3 Å². The molecule has 4 amide bonds. The number of amides is 4. The maximum atomic E-state index is 13.0. The van der Waals surface area contributed by atoms with E-state index in [4.69, 9.17) is 5.73 Å². The summed E-state index contributed by atoms with van der Waals surface area (Å²) < 4.78 is 0. The van der Waals surface area contributed by atoms with Crippen molar-refractivity contribution >= 4 is 29.3 Å². The Kier molecular flexibility index (Phi) is 7.11. The summed E-state index contributed by atoms with van der Waals surface area (Å²) in [6, 6.07) is 5.67. The number of piperazine rings is 1. The molecule has 2 saturated heterocycles. The highest BCUT2D eigenvalue weighted by atomic mass is 16.2. The molecule has 3 rings (SSSR count). The molecule has 2 aliphatic rings. The molecule has 31 heavy (non-hydrogen) atoms. The van der Waals surface area contributed by atoms with Crippen molar-refractivity contribution in [1.82, 2.24) is 20.4 Å². The van der Waals surface area contributed by atoms with Gasteiger partial charge in [0.1, 0.15) is 12.1 Å². The molecule has 4 N–H and O–H groups in total. The van der Waals surface area contributed by atoms with Crippen LogP contribution in [0.5, 0.6) is 0 Å². The minimum Gasteiger partial charge on any atom is -0.378 e. The quantitative estimate of drug-likeness (QED) is 0.536. The number of hydrogen-bond donors (Lipinski definition) is 3. The summed E-state index contributed by atoms with van der Waals surface area (Å²) in [4.78, 5) is 55.3. The molecule has 2 fully saturated rings. The van der Waals surface area contributed by atoms with Gasteiger partial charge in [-0.2, -0.15) is 0 Å². The van der Waals surface area contributed by atoms with Crippen molar-refractivity contribution in [2.24, 2.45) is 5.73 Å². The summed E-state index contributed by atoms with van der Waals surface area (Å²) >= 11 is 0. The number of nitrogens with zero attached hydrogens (tertiary/aromatic N) is 3. The highest BCUT2D eigenvalue weighted by Gasteiger charge is 2.38. The minimum atomic E-state index is -0.899. The Labute approximate surface area is 181 Å². The number of carbonyl (C=O) groups excluding carboxylic acids is 4. The fourth-order valence-corrected chi connectivity index (χ4v) is 3.87. The first-order valence-electron chi connectivity index (χ1n) is 10.5. The average Bonchev–Trinajstić information content (AvgIpc) is 2.79. The second-order valence-corrected chi connectivity index (χ2v) is 7.99. The van der Waals surface area contributed by atoms with Gasteiger partial charge >= 0.3 is 0 Å². The number of nitrogens with two attached hydrogens (primary N) is 1. The third-order valence-electron chi connectivity index (χ3n) is 5.70. The summed E-state index contributed by atoms with van der Waals surface area (Å²) in [5, 5.41) is 5.46. The monoisotopic (exact) mass is 430 g/mol. The van der Waals surface area contributed by atoms with Gasteiger partial charge in [0.05, 0.1) is 13.1 Å². The number of anilines is 1. The zero-order chi connectivity index (χ0) is 22.5. The summed E-state index contributed by atoms with van der Waals surface area (Å²) in [7, 11) is 3.83. The third kappa shape index (κ3) is 5.13. The lowest BCUT2D eigenvalue weighted by Crippen LogP contribution is -2.64. The van der Waals surface area contributed by atoms with E-state index in [2.05, 4.69) is 10.6 Å². The molecule has 10 nitrogen and oxygen atoms in total. The lowest BCUT2D eigenvalue weighted by molar-refractivity contribution is -0.143. The summed E-state index contributed by atoms with van der Waals surface area (Å²) in [6.07, 6.45) is 1.30. The molecule has 0 spiro atoms. The van der Waals surface area contributed by atoms with Crippen LogP contribution in [-0.2, 0) is 14.4 Å². The molecule has 10 heteroatoms. The van der Waals surface area contributed by atoms with Crippen molar-refractivity contribution in [3.8, 4) is 0 Å². The van der Waals surface area contributed by atoms with E-state index in [1.165, 1.54) is 4.90 Å². The zero-order valence-corrected chi connectivity index (χ0v) is 18.0. The first-order chi connectivity index (χ1) is 14.8. The van der Waals surface area contributed by atoms with Crippen LogP contribution in [0.2, 0.25) is 0 Å². The largest absolute Gasteiger partial charge is 0.378 e. The zero-order valence-electron chi connectivity index (χ0n) is 18.0. The van der Waals surface area contributed by atoms with Gasteiger partial charge < -0.3 is 31.1 Å². The van der Waals surface area contributed by atoms with Crippen LogP contribution in [0, 0.1) is 0 Å². The summed E-state index contributed by atoms with van der Waals surface area (Å²) in [5.41, 5.74) is 7.00. The van der Waals surface area contributed by atoms with E-state index < -0.39 is 18.0 Å². The molecule has 2 heterocycles. The number of benzene rings is 1. The molecule has 0 bridgehead atoms. The van der Waals surface area contributed by atoms with Gasteiger partial charge in [0.15, 0.2) is 0 Å². The number of hydrogen-bond acceptors (Lipinski definition) is 6. The van der Waals surface area contributed by atoms with Crippen LogP contribution in [0.25, 0.3) is 0 Å². The molecule has 1 aromatic rings. The Hall–Kier alpha value is -3.14.